The van der Waals surface area contributed by atoms with Crippen molar-refractivity contribution in [2.24, 2.45) is 0 Å². The minimum Gasteiger partial charge on any atom is -0.353 e. The fourth-order valence-electron chi connectivity index (χ4n) is 2.76. The highest BCUT2D eigenvalue weighted by Crippen LogP contribution is 2.13. The van der Waals surface area contributed by atoms with Crippen molar-refractivity contribution in [3.8, 4) is 11.3 Å². The molecule has 0 radical (unpaired) electrons. The van der Waals surface area contributed by atoms with Crippen molar-refractivity contribution in [1.29, 1.82) is 0 Å². The maximum absolute atomic E-state index is 12.1. The van der Waals surface area contributed by atoms with Crippen molar-refractivity contribution in [2.75, 3.05) is 6.54 Å². The molecule has 0 atom stereocenters. The van der Waals surface area contributed by atoms with Crippen LogP contribution in [0.4, 0.5) is 0 Å². The Morgan fingerprint density at radius 2 is 1.83 bits per heavy atom. The third kappa shape index (κ3) is 5.25. The Morgan fingerprint density at radius 1 is 1.07 bits per heavy atom. The van der Waals surface area contributed by atoms with Crippen molar-refractivity contribution in [3.63, 3.8) is 0 Å². The van der Waals surface area contributed by atoms with E-state index in [-0.39, 0.29) is 42.6 Å². The van der Waals surface area contributed by atoms with Crippen LogP contribution in [-0.4, -0.2) is 31.8 Å². The highest BCUT2D eigenvalue weighted by Gasteiger charge is 2.08. The molecule has 0 bridgehead atoms. The Labute approximate surface area is 167 Å². The van der Waals surface area contributed by atoms with Crippen LogP contribution in [-0.2, 0) is 17.9 Å². The highest BCUT2D eigenvalue weighted by molar-refractivity contribution is 5.75. The summed E-state index contributed by atoms with van der Waals surface area (Å²) in [5.74, 6) is -0.193. The van der Waals surface area contributed by atoms with E-state index < -0.39 is 0 Å². The molecule has 8 nitrogen and oxygen atoms in total. The number of benzene rings is 1. The summed E-state index contributed by atoms with van der Waals surface area (Å²) in [4.78, 5) is 40.5. The molecule has 1 aromatic carbocycles. The van der Waals surface area contributed by atoms with Gasteiger partial charge in [-0.1, -0.05) is 44.2 Å². The van der Waals surface area contributed by atoms with E-state index in [1.54, 1.807) is 6.07 Å². The Bertz CT molecular complexity index is 1100. The van der Waals surface area contributed by atoms with Gasteiger partial charge in [0.1, 0.15) is 6.54 Å². The lowest BCUT2D eigenvalue weighted by molar-refractivity contribution is -0.121. The Morgan fingerprint density at radius 3 is 2.52 bits per heavy atom. The molecule has 3 rings (SSSR count). The molecule has 0 spiro atoms. The molecule has 0 unspecified atom stereocenters. The quantitative estimate of drug-likeness (QED) is 0.654. The number of amides is 1. The second kappa shape index (κ2) is 9.09. The summed E-state index contributed by atoms with van der Waals surface area (Å²) in [6, 6.07) is 14.1. The zero-order chi connectivity index (χ0) is 20.8. The summed E-state index contributed by atoms with van der Waals surface area (Å²) < 4.78 is 2.56. The zero-order valence-electron chi connectivity index (χ0n) is 16.4. The van der Waals surface area contributed by atoms with Crippen LogP contribution in [0.3, 0.4) is 0 Å². The Kier molecular flexibility index (Phi) is 6.33. The van der Waals surface area contributed by atoms with E-state index in [1.165, 1.54) is 27.7 Å². The van der Waals surface area contributed by atoms with Gasteiger partial charge in [0.25, 0.3) is 11.1 Å². The predicted octanol–water partition coefficient (Wildman–Crippen LogP) is 1.41. The number of aromatic nitrogens is 4. The number of hydrogen-bond acceptors (Lipinski definition) is 5. The van der Waals surface area contributed by atoms with E-state index in [2.05, 4.69) is 15.4 Å². The van der Waals surface area contributed by atoms with Gasteiger partial charge in [0.05, 0.1) is 24.3 Å². The van der Waals surface area contributed by atoms with Gasteiger partial charge in [0, 0.05) is 24.2 Å². The molecule has 0 aliphatic rings. The second-order valence-corrected chi connectivity index (χ2v) is 6.93. The second-order valence-electron chi connectivity index (χ2n) is 6.93. The Hall–Kier alpha value is -3.55. The molecular formula is C21H23N5O3. The van der Waals surface area contributed by atoms with E-state index in [1.807, 2.05) is 44.2 Å². The van der Waals surface area contributed by atoms with E-state index in [9.17, 15) is 14.4 Å². The SMILES string of the molecule is CC(C)c1cc(=O)n(CC(=O)NCCn2nc(-c3ccccc3)ccc2=O)cn1. The zero-order valence-corrected chi connectivity index (χ0v) is 16.4. The van der Waals surface area contributed by atoms with Crippen molar-refractivity contribution < 1.29 is 4.79 Å². The maximum Gasteiger partial charge on any atom is 0.266 e. The van der Waals surface area contributed by atoms with Crippen LogP contribution in [0.25, 0.3) is 11.3 Å². The molecule has 0 aliphatic carbocycles. The minimum atomic E-state index is -0.335. The lowest BCUT2D eigenvalue weighted by Gasteiger charge is -2.10. The Balaban J connectivity index is 1.59. The molecular weight excluding hydrogens is 370 g/mol. The van der Waals surface area contributed by atoms with Crippen LogP contribution in [0, 0.1) is 0 Å². The summed E-state index contributed by atoms with van der Waals surface area (Å²) in [7, 11) is 0. The number of nitrogens with zero attached hydrogens (tertiary/aromatic N) is 4. The third-order valence-electron chi connectivity index (χ3n) is 4.39. The van der Waals surface area contributed by atoms with Crippen LogP contribution in [0.2, 0.25) is 0 Å². The van der Waals surface area contributed by atoms with E-state index >= 15 is 0 Å². The fourth-order valence-corrected chi connectivity index (χ4v) is 2.76. The molecule has 0 saturated heterocycles. The average molecular weight is 393 g/mol. The first-order valence-corrected chi connectivity index (χ1v) is 9.40. The highest BCUT2D eigenvalue weighted by atomic mass is 16.2. The van der Waals surface area contributed by atoms with Crippen molar-refractivity contribution in [3.05, 3.63) is 81.3 Å². The van der Waals surface area contributed by atoms with Gasteiger partial charge in [-0.25, -0.2) is 9.67 Å². The van der Waals surface area contributed by atoms with Crippen molar-refractivity contribution >= 4 is 5.91 Å². The number of carbonyl (C=O) groups is 1. The average Bonchev–Trinajstić information content (AvgIpc) is 2.71. The lowest BCUT2D eigenvalue weighted by Crippen LogP contribution is -2.36. The molecule has 1 N–H and O–H groups in total. The number of carbonyl (C=O) groups excluding carboxylic acids is 1. The van der Waals surface area contributed by atoms with Crippen LogP contribution >= 0.6 is 0 Å². The largest absolute Gasteiger partial charge is 0.353 e. The maximum atomic E-state index is 12.1. The van der Waals surface area contributed by atoms with Gasteiger partial charge < -0.3 is 5.32 Å². The molecule has 0 aliphatic heterocycles. The summed E-state index contributed by atoms with van der Waals surface area (Å²) in [6.45, 7) is 4.21. The van der Waals surface area contributed by atoms with Gasteiger partial charge in [-0.3, -0.25) is 19.0 Å². The van der Waals surface area contributed by atoms with E-state index in [0.717, 1.165) is 5.56 Å². The van der Waals surface area contributed by atoms with Gasteiger partial charge in [-0.15, -0.1) is 0 Å². The summed E-state index contributed by atoms with van der Waals surface area (Å²) >= 11 is 0. The fraction of sp³-hybridized carbons (Fsp3) is 0.286. The minimum absolute atomic E-state index is 0.128. The molecule has 1 amide bonds. The van der Waals surface area contributed by atoms with E-state index in [4.69, 9.17) is 0 Å². The molecule has 150 valence electrons. The number of rotatable bonds is 7. The van der Waals surface area contributed by atoms with E-state index in [0.29, 0.717) is 11.4 Å². The van der Waals surface area contributed by atoms with Gasteiger partial charge >= 0.3 is 0 Å². The van der Waals surface area contributed by atoms with Crippen molar-refractivity contribution in [1.82, 2.24) is 24.6 Å². The molecule has 3 aromatic rings. The standard InChI is InChI=1S/C21H23N5O3/c1-15(2)18-12-21(29)25(14-23-18)13-19(27)22-10-11-26-20(28)9-8-17(24-26)16-6-4-3-5-7-16/h3-9,12,14-15H,10-11,13H2,1-2H3,(H,22,27). The molecule has 8 heteroatoms. The topological polar surface area (TPSA) is 98.9 Å². The monoisotopic (exact) mass is 393 g/mol. The van der Waals surface area contributed by atoms with Crippen LogP contribution in [0.15, 0.2) is 64.4 Å². The molecule has 0 saturated carbocycles. The van der Waals surface area contributed by atoms with Crippen molar-refractivity contribution in [2.45, 2.75) is 32.9 Å². The summed E-state index contributed by atoms with van der Waals surface area (Å²) in [5.41, 5.74) is 1.76. The van der Waals surface area contributed by atoms with Gasteiger partial charge in [0.2, 0.25) is 5.91 Å². The van der Waals surface area contributed by atoms with Gasteiger partial charge in [-0.2, -0.15) is 5.10 Å². The summed E-state index contributed by atoms with van der Waals surface area (Å²) in [5, 5.41) is 7.06. The van der Waals surface area contributed by atoms with Crippen LogP contribution in [0.1, 0.15) is 25.5 Å². The normalized spacial score (nSPS) is 10.9. The van der Waals surface area contributed by atoms with Crippen LogP contribution < -0.4 is 16.4 Å². The number of hydrogen-bond donors (Lipinski definition) is 1. The van der Waals surface area contributed by atoms with Crippen LogP contribution in [0.5, 0.6) is 0 Å². The first kappa shape index (κ1) is 20.2. The van der Waals surface area contributed by atoms with Gasteiger partial charge in [-0.05, 0) is 12.0 Å². The smallest absolute Gasteiger partial charge is 0.266 e. The molecule has 29 heavy (non-hydrogen) atoms. The number of nitrogens with one attached hydrogen (secondary N) is 1. The first-order chi connectivity index (χ1) is 13.9. The third-order valence-corrected chi connectivity index (χ3v) is 4.39. The van der Waals surface area contributed by atoms with Gasteiger partial charge in [0.15, 0.2) is 0 Å². The first-order valence-electron chi connectivity index (χ1n) is 9.40. The predicted molar refractivity (Wildman–Crippen MR) is 110 cm³/mol. The molecule has 2 aromatic heterocycles. The molecule has 2 heterocycles. The summed E-state index contributed by atoms with van der Waals surface area (Å²) in [6.07, 6.45) is 1.38. The molecule has 0 fully saturated rings. The lowest BCUT2D eigenvalue weighted by atomic mass is 10.1.